The smallest absolute Gasteiger partial charge is 0.416 e. The van der Waals surface area contributed by atoms with Gasteiger partial charge in [-0.3, -0.25) is 4.79 Å². The van der Waals surface area contributed by atoms with E-state index in [1.165, 1.54) is 12.1 Å². The lowest BCUT2D eigenvalue weighted by Gasteiger charge is -2.28. The molecule has 0 unspecified atom stereocenters. The number of aliphatic carboxylic acids is 1. The van der Waals surface area contributed by atoms with Gasteiger partial charge in [0.2, 0.25) is 0 Å². The third kappa shape index (κ3) is 3.77. The molecule has 0 aromatic heterocycles. The van der Waals surface area contributed by atoms with E-state index in [1.807, 2.05) is 0 Å². The van der Waals surface area contributed by atoms with Crippen LogP contribution < -0.4 is 0 Å². The molecule has 2 rings (SSSR count). The number of carboxylic acids is 1. The number of carbonyl (C=O) groups is 1. The normalized spacial score (nSPS) is 19.0. The minimum Gasteiger partial charge on any atom is -0.481 e. The van der Waals surface area contributed by atoms with Crippen molar-refractivity contribution in [1.82, 2.24) is 0 Å². The molecule has 1 saturated carbocycles. The van der Waals surface area contributed by atoms with E-state index >= 15 is 0 Å². The second-order valence-electron chi connectivity index (χ2n) is 5.87. The summed E-state index contributed by atoms with van der Waals surface area (Å²) in [5.74, 6) is -0.829. The Morgan fingerprint density at radius 1 is 1.05 bits per heavy atom. The third-order valence-electron chi connectivity index (χ3n) is 4.34. The van der Waals surface area contributed by atoms with Gasteiger partial charge in [-0.05, 0) is 37.0 Å². The molecule has 0 saturated heterocycles. The van der Waals surface area contributed by atoms with Crippen molar-refractivity contribution in [3.63, 3.8) is 0 Å². The van der Waals surface area contributed by atoms with Crippen LogP contribution in [0.25, 0.3) is 0 Å². The molecule has 1 fully saturated rings. The van der Waals surface area contributed by atoms with Crippen LogP contribution in [0, 0.1) is 5.41 Å². The summed E-state index contributed by atoms with van der Waals surface area (Å²) in [6, 6.07) is 4.86. The molecule has 21 heavy (non-hydrogen) atoms. The molecule has 1 aromatic rings. The topological polar surface area (TPSA) is 37.3 Å². The van der Waals surface area contributed by atoms with Gasteiger partial charge in [0.05, 0.1) is 11.0 Å². The van der Waals surface area contributed by atoms with Crippen molar-refractivity contribution < 1.29 is 23.1 Å². The minimum atomic E-state index is -4.36. The van der Waals surface area contributed by atoms with Gasteiger partial charge in [-0.1, -0.05) is 37.8 Å². The summed E-state index contributed by atoms with van der Waals surface area (Å²) in [4.78, 5) is 11.7. The molecule has 0 amide bonds. The highest BCUT2D eigenvalue weighted by Gasteiger charge is 2.39. The van der Waals surface area contributed by atoms with Gasteiger partial charge in [0, 0.05) is 0 Å². The average molecular weight is 300 g/mol. The van der Waals surface area contributed by atoms with E-state index in [0.29, 0.717) is 24.8 Å². The first-order valence-electron chi connectivity index (χ1n) is 7.23. The first kappa shape index (κ1) is 15.9. The maximum Gasteiger partial charge on any atom is 0.416 e. The number of benzene rings is 1. The number of rotatable bonds is 3. The molecule has 5 heteroatoms. The number of carboxylic acid groups (broad SMARTS) is 1. The maximum atomic E-state index is 12.5. The quantitative estimate of drug-likeness (QED) is 0.823. The molecule has 2 nitrogen and oxygen atoms in total. The lowest BCUT2D eigenvalue weighted by Crippen LogP contribution is -2.33. The monoisotopic (exact) mass is 300 g/mol. The molecule has 1 aromatic carbocycles. The Bertz CT molecular complexity index is 483. The zero-order chi connectivity index (χ0) is 15.5. The van der Waals surface area contributed by atoms with Crippen molar-refractivity contribution in [1.29, 1.82) is 0 Å². The molecule has 0 bridgehead atoms. The maximum absolute atomic E-state index is 12.5. The zero-order valence-electron chi connectivity index (χ0n) is 11.7. The van der Waals surface area contributed by atoms with Gasteiger partial charge in [-0.25, -0.2) is 0 Å². The fourth-order valence-electron chi connectivity index (χ4n) is 3.07. The standard InChI is InChI=1S/C16H19F3O2/c17-16(18,19)13-7-5-12(6-8-13)11-15(14(20)21)9-3-1-2-4-10-15/h5-8H,1-4,9-11H2,(H,20,21). The van der Waals surface area contributed by atoms with Crippen LogP contribution in [0.4, 0.5) is 13.2 Å². The molecule has 1 N–H and O–H groups in total. The highest BCUT2D eigenvalue weighted by molar-refractivity contribution is 5.75. The number of alkyl halides is 3. The fraction of sp³-hybridized carbons (Fsp3) is 0.562. The van der Waals surface area contributed by atoms with Crippen LogP contribution in [0.5, 0.6) is 0 Å². The molecule has 116 valence electrons. The lowest BCUT2D eigenvalue weighted by molar-refractivity contribution is -0.150. The highest BCUT2D eigenvalue weighted by atomic mass is 19.4. The predicted molar refractivity (Wildman–Crippen MR) is 72.9 cm³/mol. The Labute approximate surface area is 122 Å². The van der Waals surface area contributed by atoms with Gasteiger partial charge in [-0.2, -0.15) is 13.2 Å². The van der Waals surface area contributed by atoms with E-state index in [4.69, 9.17) is 0 Å². The van der Waals surface area contributed by atoms with E-state index < -0.39 is 23.1 Å². The molecule has 1 aliphatic carbocycles. The summed E-state index contributed by atoms with van der Waals surface area (Å²) >= 11 is 0. The molecule has 1 aliphatic rings. The Morgan fingerprint density at radius 3 is 2.00 bits per heavy atom. The second-order valence-corrected chi connectivity index (χ2v) is 5.87. The summed E-state index contributed by atoms with van der Waals surface area (Å²) in [5.41, 5.74) is -0.861. The van der Waals surface area contributed by atoms with E-state index in [0.717, 1.165) is 37.8 Å². The Balaban J connectivity index is 2.19. The molecule has 0 aliphatic heterocycles. The number of hydrogen-bond acceptors (Lipinski definition) is 1. The molecular formula is C16H19F3O2. The van der Waals surface area contributed by atoms with Crippen LogP contribution in [-0.2, 0) is 17.4 Å². The van der Waals surface area contributed by atoms with Crippen molar-refractivity contribution >= 4 is 5.97 Å². The fourth-order valence-corrected chi connectivity index (χ4v) is 3.07. The SMILES string of the molecule is O=C(O)C1(Cc2ccc(C(F)(F)F)cc2)CCCCCC1. The van der Waals surface area contributed by atoms with Crippen LogP contribution in [0.1, 0.15) is 49.7 Å². The van der Waals surface area contributed by atoms with Crippen molar-refractivity contribution in [2.75, 3.05) is 0 Å². The van der Waals surface area contributed by atoms with Crippen LogP contribution in [0.2, 0.25) is 0 Å². The predicted octanol–water partition coefficient (Wildman–Crippen LogP) is 4.67. The largest absolute Gasteiger partial charge is 0.481 e. The molecule has 0 spiro atoms. The second kappa shape index (κ2) is 6.08. The third-order valence-corrected chi connectivity index (χ3v) is 4.34. The number of hydrogen-bond donors (Lipinski definition) is 1. The summed E-state index contributed by atoms with van der Waals surface area (Å²) in [6.07, 6.45) is 0.947. The van der Waals surface area contributed by atoms with Crippen LogP contribution in [-0.4, -0.2) is 11.1 Å². The molecule has 0 heterocycles. The Morgan fingerprint density at radius 2 is 1.57 bits per heavy atom. The summed E-state index contributed by atoms with van der Waals surface area (Å²) < 4.78 is 37.6. The van der Waals surface area contributed by atoms with Crippen LogP contribution in [0.15, 0.2) is 24.3 Å². The van der Waals surface area contributed by atoms with Crippen molar-refractivity contribution in [2.24, 2.45) is 5.41 Å². The zero-order valence-corrected chi connectivity index (χ0v) is 11.7. The molecule has 0 atom stereocenters. The van der Waals surface area contributed by atoms with Crippen LogP contribution in [0.3, 0.4) is 0 Å². The average Bonchev–Trinajstić information content (AvgIpc) is 2.65. The summed E-state index contributed by atoms with van der Waals surface area (Å²) in [5, 5.41) is 9.58. The Kier molecular flexibility index (Phi) is 4.59. The summed E-state index contributed by atoms with van der Waals surface area (Å²) in [7, 11) is 0. The minimum absolute atomic E-state index is 0.306. The van der Waals surface area contributed by atoms with Gasteiger partial charge in [-0.15, -0.1) is 0 Å². The van der Waals surface area contributed by atoms with Gasteiger partial charge in [0.25, 0.3) is 0 Å². The first-order valence-corrected chi connectivity index (χ1v) is 7.23. The van der Waals surface area contributed by atoms with E-state index in [2.05, 4.69) is 0 Å². The molecular weight excluding hydrogens is 281 g/mol. The molecule has 0 radical (unpaired) electrons. The van der Waals surface area contributed by atoms with Crippen molar-refractivity contribution in [3.8, 4) is 0 Å². The van der Waals surface area contributed by atoms with Crippen LogP contribution >= 0.6 is 0 Å². The van der Waals surface area contributed by atoms with Gasteiger partial charge >= 0.3 is 12.1 Å². The van der Waals surface area contributed by atoms with Gasteiger partial charge < -0.3 is 5.11 Å². The first-order chi connectivity index (χ1) is 9.83. The van der Waals surface area contributed by atoms with Gasteiger partial charge in [0.1, 0.15) is 0 Å². The van der Waals surface area contributed by atoms with E-state index in [9.17, 15) is 23.1 Å². The Hall–Kier alpha value is -1.52. The van der Waals surface area contributed by atoms with Crippen molar-refractivity contribution in [2.45, 2.75) is 51.1 Å². The lowest BCUT2D eigenvalue weighted by atomic mass is 9.75. The van der Waals surface area contributed by atoms with Gasteiger partial charge in [0.15, 0.2) is 0 Å². The van der Waals surface area contributed by atoms with Crippen molar-refractivity contribution in [3.05, 3.63) is 35.4 Å². The highest BCUT2D eigenvalue weighted by Crippen LogP contribution is 2.39. The van der Waals surface area contributed by atoms with E-state index in [1.54, 1.807) is 0 Å². The van der Waals surface area contributed by atoms with E-state index in [-0.39, 0.29) is 0 Å². The number of halogens is 3. The summed E-state index contributed by atoms with van der Waals surface area (Å²) in [6.45, 7) is 0.